The average Bonchev–Trinajstić information content (AvgIpc) is 3.06. The molecular formula is C20H21BrN2O4S. The first-order valence-corrected chi connectivity index (χ1v) is 11.3. The van der Waals surface area contributed by atoms with Gasteiger partial charge in [-0.05, 0) is 42.8 Å². The maximum absolute atomic E-state index is 12.4. The summed E-state index contributed by atoms with van der Waals surface area (Å²) in [4.78, 5) is 26.6. The van der Waals surface area contributed by atoms with Crippen LogP contribution in [0, 0.1) is 12.8 Å². The quantitative estimate of drug-likeness (QED) is 0.711. The van der Waals surface area contributed by atoms with Gasteiger partial charge < -0.3 is 10.2 Å². The third-order valence-electron chi connectivity index (χ3n) is 4.72. The van der Waals surface area contributed by atoms with E-state index in [4.69, 9.17) is 0 Å². The van der Waals surface area contributed by atoms with E-state index in [0.717, 1.165) is 15.7 Å². The Kier molecular flexibility index (Phi) is 6.20. The second-order valence-corrected chi connectivity index (χ2v) is 9.73. The predicted octanol–water partition coefficient (Wildman–Crippen LogP) is 2.70. The molecule has 0 bridgehead atoms. The van der Waals surface area contributed by atoms with E-state index in [9.17, 15) is 18.0 Å². The van der Waals surface area contributed by atoms with Crippen LogP contribution < -0.4 is 10.2 Å². The molecule has 1 aliphatic rings. The van der Waals surface area contributed by atoms with Crippen LogP contribution in [0.5, 0.6) is 0 Å². The van der Waals surface area contributed by atoms with Gasteiger partial charge in [-0.25, -0.2) is 8.42 Å². The lowest BCUT2D eigenvalue weighted by Crippen LogP contribution is -2.35. The van der Waals surface area contributed by atoms with Gasteiger partial charge in [0.05, 0.1) is 16.6 Å². The molecule has 1 unspecified atom stereocenters. The van der Waals surface area contributed by atoms with Crippen molar-refractivity contribution in [1.82, 2.24) is 5.32 Å². The fourth-order valence-electron chi connectivity index (χ4n) is 3.13. The fraction of sp³-hybridized carbons (Fsp3) is 0.300. The van der Waals surface area contributed by atoms with Crippen molar-refractivity contribution >= 4 is 43.3 Å². The van der Waals surface area contributed by atoms with Crippen molar-refractivity contribution in [2.45, 2.75) is 18.2 Å². The van der Waals surface area contributed by atoms with Crippen LogP contribution in [0.3, 0.4) is 0 Å². The van der Waals surface area contributed by atoms with E-state index >= 15 is 0 Å². The number of amides is 2. The minimum atomic E-state index is -3.45. The number of carbonyl (C=O) groups is 2. The van der Waals surface area contributed by atoms with E-state index in [1.807, 2.05) is 25.1 Å². The van der Waals surface area contributed by atoms with Crippen molar-refractivity contribution in [3.63, 3.8) is 0 Å². The molecule has 1 saturated heterocycles. The van der Waals surface area contributed by atoms with Gasteiger partial charge in [0.1, 0.15) is 0 Å². The molecule has 0 saturated carbocycles. The zero-order chi connectivity index (χ0) is 20.3. The number of hydrogen-bond acceptors (Lipinski definition) is 4. The molecule has 148 valence electrons. The lowest BCUT2D eigenvalue weighted by Gasteiger charge is -2.17. The van der Waals surface area contributed by atoms with Crippen molar-refractivity contribution < 1.29 is 18.0 Å². The summed E-state index contributed by atoms with van der Waals surface area (Å²) in [5.74, 6) is -1.08. The number of nitrogens with one attached hydrogen (secondary N) is 1. The summed E-state index contributed by atoms with van der Waals surface area (Å²) < 4.78 is 25.5. The molecule has 3 rings (SSSR count). The van der Waals surface area contributed by atoms with E-state index in [-0.39, 0.29) is 42.0 Å². The van der Waals surface area contributed by atoms with E-state index in [1.54, 1.807) is 23.1 Å². The second kappa shape index (κ2) is 8.45. The summed E-state index contributed by atoms with van der Waals surface area (Å²) in [6.07, 6.45) is 0.117. The SMILES string of the molecule is Cc1cc(N2CC(C(=O)NCCS(=O)(=O)c3ccccc3)CC2=O)ccc1Br. The minimum Gasteiger partial charge on any atom is -0.355 e. The van der Waals surface area contributed by atoms with Crippen LogP contribution in [0.15, 0.2) is 57.9 Å². The van der Waals surface area contributed by atoms with Gasteiger partial charge in [-0.2, -0.15) is 0 Å². The maximum atomic E-state index is 12.4. The Morgan fingerprint density at radius 2 is 1.93 bits per heavy atom. The topological polar surface area (TPSA) is 83.6 Å². The summed E-state index contributed by atoms with van der Waals surface area (Å²) in [7, 11) is -3.45. The predicted molar refractivity (Wildman–Crippen MR) is 111 cm³/mol. The zero-order valence-corrected chi connectivity index (χ0v) is 17.8. The first kappa shape index (κ1) is 20.5. The molecule has 1 atom stereocenters. The van der Waals surface area contributed by atoms with Crippen molar-refractivity contribution in [1.29, 1.82) is 0 Å². The third-order valence-corrected chi connectivity index (χ3v) is 7.34. The third kappa shape index (κ3) is 4.62. The van der Waals surface area contributed by atoms with Crippen LogP contribution in [-0.2, 0) is 19.4 Å². The van der Waals surface area contributed by atoms with Crippen molar-refractivity contribution in [3.8, 4) is 0 Å². The number of benzene rings is 2. The molecule has 0 spiro atoms. The number of aryl methyl sites for hydroxylation is 1. The largest absolute Gasteiger partial charge is 0.355 e. The molecule has 8 heteroatoms. The standard InChI is InChI=1S/C20H21BrN2O4S/c1-14-11-16(7-8-18(14)21)23-13-15(12-19(23)24)20(25)22-9-10-28(26,27)17-5-3-2-4-6-17/h2-8,11,15H,9-10,12-13H2,1H3,(H,22,25). The van der Waals surface area contributed by atoms with E-state index in [2.05, 4.69) is 21.2 Å². The van der Waals surface area contributed by atoms with Crippen molar-refractivity contribution in [2.24, 2.45) is 5.92 Å². The van der Waals surface area contributed by atoms with Crippen LogP contribution in [0.1, 0.15) is 12.0 Å². The number of anilines is 1. The minimum absolute atomic E-state index is 0.0120. The van der Waals surface area contributed by atoms with E-state index in [1.165, 1.54) is 12.1 Å². The Labute approximate surface area is 173 Å². The molecule has 0 radical (unpaired) electrons. The molecule has 2 aromatic carbocycles. The Bertz CT molecular complexity index is 993. The molecular weight excluding hydrogens is 444 g/mol. The molecule has 0 aliphatic carbocycles. The first-order valence-electron chi connectivity index (χ1n) is 8.90. The van der Waals surface area contributed by atoms with Gasteiger partial charge >= 0.3 is 0 Å². The van der Waals surface area contributed by atoms with Gasteiger partial charge in [-0.15, -0.1) is 0 Å². The molecule has 0 aromatic heterocycles. The first-order chi connectivity index (χ1) is 13.3. The smallest absolute Gasteiger partial charge is 0.227 e. The summed E-state index contributed by atoms with van der Waals surface area (Å²) in [5, 5.41) is 2.66. The average molecular weight is 465 g/mol. The Hall–Kier alpha value is -2.19. The Balaban J connectivity index is 1.57. The van der Waals surface area contributed by atoms with E-state index in [0.29, 0.717) is 0 Å². The van der Waals surface area contributed by atoms with Gasteiger partial charge in [0, 0.05) is 29.7 Å². The van der Waals surface area contributed by atoms with Gasteiger partial charge in [0.15, 0.2) is 9.84 Å². The fourth-order valence-corrected chi connectivity index (χ4v) is 4.55. The van der Waals surface area contributed by atoms with E-state index < -0.39 is 15.8 Å². The van der Waals surface area contributed by atoms with Crippen LogP contribution in [-0.4, -0.2) is 39.1 Å². The molecule has 2 aromatic rings. The highest BCUT2D eigenvalue weighted by molar-refractivity contribution is 9.10. The normalized spacial score (nSPS) is 17.0. The van der Waals surface area contributed by atoms with Crippen LogP contribution in [0.2, 0.25) is 0 Å². The Morgan fingerprint density at radius 1 is 1.21 bits per heavy atom. The summed E-state index contributed by atoms with van der Waals surface area (Å²) in [5.41, 5.74) is 1.76. The highest BCUT2D eigenvalue weighted by Gasteiger charge is 2.35. The molecule has 6 nitrogen and oxygen atoms in total. The van der Waals surface area contributed by atoms with Gasteiger partial charge in [-0.1, -0.05) is 34.1 Å². The number of rotatable bonds is 6. The second-order valence-electron chi connectivity index (χ2n) is 6.76. The van der Waals surface area contributed by atoms with Crippen molar-refractivity contribution in [3.05, 3.63) is 58.6 Å². The molecule has 2 amide bonds. The molecule has 1 heterocycles. The molecule has 1 aliphatic heterocycles. The number of halogens is 1. The zero-order valence-electron chi connectivity index (χ0n) is 15.4. The van der Waals surface area contributed by atoms with Gasteiger partial charge in [0.25, 0.3) is 0 Å². The highest BCUT2D eigenvalue weighted by atomic mass is 79.9. The monoisotopic (exact) mass is 464 g/mol. The van der Waals surface area contributed by atoms with Crippen LogP contribution in [0.25, 0.3) is 0 Å². The van der Waals surface area contributed by atoms with Crippen LogP contribution in [0.4, 0.5) is 5.69 Å². The number of sulfone groups is 1. The molecule has 1 fully saturated rings. The molecule has 28 heavy (non-hydrogen) atoms. The summed E-state index contributed by atoms with van der Waals surface area (Å²) in [6, 6.07) is 13.7. The maximum Gasteiger partial charge on any atom is 0.227 e. The van der Waals surface area contributed by atoms with Gasteiger partial charge in [0.2, 0.25) is 11.8 Å². The summed E-state index contributed by atoms with van der Waals surface area (Å²) >= 11 is 3.43. The summed E-state index contributed by atoms with van der Waals surface area (Å²) in [6.45, 7) is 2.24. The lowest BCUT2D eigenvalue weighted by atomic mass is 10.1. The van der Waals surface area contributed by atoms with Crippen LogP contribution >= 0.6 is 15.9 Å². The lowest BCUT2D eigenvalue weighted by molar-refractivity contribution is -0.126. The molecule has 1 N–H and O–H groups in total. The van der Waals surface area contributed by atoms with Crippen molar-refractivity contribution in [2.75, 3.05) is 23.7 Å². The Morgan fingerprint density at radius 3 is 2.61 bits per heavy atom. The number of nitrogens with zero attached hydrogens (tertiary/aromatic N) is 1. The van der Waals surface area contributed by atoms with Gasteiger partial charge in [-0.3, -0.25) is 9.59 Å². The number of carbonyl (C=O) groups excluding carboxylic acids is 2. The number of hydrogen-bond donors (Lipinski definition) is 1. The highest BCUT2D eigenvalue weighted by Crippen LogP contribution is 2.28.